The first-order valence-electron chi connectivity index (χ1n) is 6.11. The Morgan fingerprint density at radius 2 is 1.90 bits per heavy atom. The molecule has 8 heteroatoms. The number of nitrogens with zero attached hydrogens (tertiary/aromatic N) is 3. The number of hydrogen-bond acceptors (Lipinski definition) is 6. The van der Waals surface area contributed by atoms with E-state index in [2.05, 4.69) is 5.32 Å². The summed E-state index contributed by atoms with van der Waals surface area (Å²) in [5.74, 6) is 0. The van der Waals surface area contributed by atoms with E-state index in [0.717, 1.165) is 6.07 Å². The third kappa shape index (κ3) is 4.25. The molecule has 1 rings (SSSR count). The van der Waals surface area contributed by atoms with Gasteiger partial charge in [-0.15, -0.1) is 0 Å². The predicted octanol–water partition coefficient (Wildman–Crippen LogP) is 1.54. The minimum Gasteiger partial charge on any atom is -0.311 e. The summed E-state index contributed by atoms with van der Waals surface area (Å²) in [4.78, 5) is 22.4. The Kier molecular flexibility index (Phi) is 5.53. The minimum absolute atomic E-state index is 0.232. The van der Waals surface area contributed by atoms with Crippen molar-refractivity contribution in [2.75, 3.05) is 20.6 Å². The minimum atomic E-state index is -0.641. The molecule has 0 aliphatic rings. The number of nitro benzene ring substituents is 2. The normalized spacial score (nSPS) is 12.4. The van der Waals surface area contributed by atoms with Gasteiger partial charge in [-0.3, -0.25) is 20.2 Å². The lowest BCUT2D eigenvalue weighted by Crippen LogP contribution is -2.35. The lowest BCUT2D eigenvalue weighted by atomic mass is 10.1. The summed E-state index contributed by atoms with van der Waals surface area (Å²) >= 11 is 0. The fourth-order valence-electron chi connectivity index (χ4n) is 1.58. The third-order valence-corrected chi connectivity index (χ3v) is 3.11. The van der Waals surface area contributed by atoms with Crippen LogP contribution in [0.15, 0.2) is 18.2 Å². The smallest absolute Gasteiger partial charge is 0.280 e. The van der Waals surface area contributed by atoms with Crippen LogP contribution in [0.5, 0.6) is 0 Å². The van der Waals surface area contributed by atoms with Crippen molar-refractivity contribution in [3.05, 3.63) is 44.0 Å². The number of rotatable bonds is 7. The zero-order chi connectivity index (χ0) is 15.3. The predicted molar refractivity (Wildman–Crippen MR) is 74.6 cm³/mol. The first-order valence-corrected chi connectivity index (χ1v) is 6.11. The average molecular weight is 282 g/mol. The Morgan fingerprint density at radius 3 is 2.40 bits per heavy atom. The van der Waals surface area contributed by atoms with Crippen LogP contribution in [0.3, 0.4) is 0 Å². The van der Waals surface area contributed by atoms with Crippen molar-refractivity contribution < 1.29 is 9.85 Å². The number of benzene rings is 1. The van der Waals surface area contributed by atoms with Crippen molar-refractivity contribution in [2.45, 2.75) is 19.5 Å². The summed E-state index contributed by atoms with van der Waals surface area (Å²) in [7, 11) is 3.89. The molecule has 1 unspecified atom stereocenters. The van der Waals surface area contributed by atoms with E-state index >= 15 is 0 Å². The van der Waals surface area contributed by atoms with Crippen LogP contribution >= 0.6 is 0 Å². The molecule has 1 aromatic rings. The van der Waals surface area contributed by atoms with Crippen molar-refractivity contribution in [1.29, 1.82) is 0 Å². The number of likely N-dealkylation sites (N-methyl/N-ethyl adjacent to an activating group) is 1. The molecule has 0 radical (unpaired) electrons. The van der Waals surface area contributed by atoms with Crippen LogP contribution in [0.2, 0.25) is 0 Å². The first-order chi connectivity index (χ1) is 9.32. The second-order valence-electron chi connectivity index (χ2n) is 4.77. The number of nitro groups is 2. The highest BCUT2D eigenvalue weighted by molar-refractivity contribution is 5.49. The molecule has 1 atom stereocenters. The van der Waals surface area contributed by atoms with E-state index < -0.39 is 9.85 Å². The quantitative estimate of drug-likeness (QED) is 0.601. The van der Waals surface area contributed by atoms with Crippen molar-refractivity contribution >= 4 is 11.4 Å². The molecule has 0 heterocycles. The van der Waals surface area contributed by atoms with Gasteiger partial charge in [0.15, 0.2) is 0 Å². The highest BCUT2D eigenvalue weighted by atomic mass is 16.6. The van der Waals surface area contributed by atoms with Gasteiger partial charge in [-0.05, 0) is 27.1 Å². The van der Waals surface area contributed by atoms with E-state index in [0.29, 0.717) is 18.7 Å². The van der Waals surface area contributed by atoms with Gasteiger partial charge in [-0.1, -0.05) is 0 Å². The molecule has 0 spiro atoms. The number of non-ortho nitro benzene ring substituents is 1. The molecule has 0 bridgehead atoms. The molecule has 0 aliphatic heterocycles. The fourth-order valence-corrected chi connectivity index (χ4v) is 1.58. The van der Waals surface area contributed by atoms with Crippen molar-refractivity contribution in [2.24, 2.45) is 0 Å². The zero-order valence-electron chi connectivity index (χ0n) is 11.7. The van der Waals surface area contributed by atoms with E-state index in [1.807, 2.05) is 25.9 Å². The highest BCUT2D eigenvalue weighted by Gasteiger charge is 2.19. The van der Waals surface area contributed by atoms with E-state index in [1.54, 1.807) is 0 Å². The molecule has 0 aromatic heterocycles. The number of nitrogens with one attached hydrogen (secondary N) is 1. The second kappa shape index (κ2) is 6.92. The Labute approximate surface area is 116 Å². The Bertz CT molecular complexity index is 504. The van der Waals surface area contributed by atoms with Gasteiger partial charge < -0.3 is 10.2 Å². The summed E-state index contributed by atoms with van der Waals surface area (Å²) in [6, 6.07) is 3.97. The Balaban J connectivity index is 2.79. The third-order valence-electron chi connectivity index (χ3n) is 3.11. The highest BCUT2D eigenvalue weighted by Crippen LogP contribution is 2.24. The average Bonchev–Trinajstić information content (AvgIpc) is 2.38. The van der Waals surface area contributed by atoms with Crippen LogP contribution in [-0.4, -0.2) is 41.4 Å². The second-order valence-corrected chi connectivity index (χ2v) is 4.77. The van der Waals surface area contributed by atoms with Crippen LogP contribution in [0.25, 0.3) is 0 Å². The molecule has 8 nitrogen and oxygen atoms in total. The summed E-state index contributed by atoms with van der Waals surface area (Å²) < 4.78 is 0. The zero-order valence-corrected chi connectivity index (χ0v) is 11.7. The van der Waals surface area contributed by atoms with Gasteiger partial charge in [0.25, 0.3) is 11.4 Å². The molecular formula is C12H18N4O4. The van der Waals surface area contributed by atoms with Gasteiger partial charge in [0.05, 0.1) is 15.9 Å². The molecule has 0 amide bonds. The maximum atomic E-state index is 10.9. The van der Waals surface area contributed by atoms with E-state index in [9.17, 15) is 20.2 Å². The van der Waals surface area contributed by atoms with E-state index in [4.69, 9.17) is 0 Å². The Morgan fingerprint density at radius 1 is 1.25 bits per heavy atom. The summed E-state index contributed by atoms with van der Waals surface area (Å²) in [6.07, 6.45) is 0. The lowest BCUT2D eigenvalue weighted by Gasteiger charge is -2.20. The maximum absolute atomic E-state index is 10.9. The lowest BCUT2D eigenvalue weighted by molar-refractivity contribution is -0.394. The molecule has 1 N–H and O–H groups in total. The SMILES string of the molecule is CC(CNCc1ccc([N+](=O)[O-])cc1[N+](=O)[O-])N(C)C. The van der Waals surface area contributed by atoms with Crippen molar-refractivity contribution in [3.63, 3.8) is 0 Å². The largest absolute Gasteiger partial charge is 0.311 e. The van der Waals surface area contributed by atoms with Gasteiger partial charge in [0.2, 0.25) is 0 Å². The van der Waals surface area contributed by atoms with Crippen LogP contribution in [-0.2, 0) is 6.54 Å². The molecule has 0 aliphatic carbocycles. The van der Waals surface area contributed by atoms with Gasteiger partial charge in [0, 0.05) is 30.8 Å². The summed E-state index contributed by atoms with van der Waals surface area (Å²) in [5.41, 5.74) is -0.0714. The van der Waals surface area contributed by atoms with Gasteiger partial charge in [-0.2, -0.15) is 0 Å². The van der Waals surface area contributed by atoms with Crippen LogP contribution in [0.4, 0.5) is 11.4 Å². The standard InChI is InChI=1S/C12H18N4O4/c1-9(14(2)3)7-13-8-10-4-5-11(15(17)18)6-12(10)16(19)20/h4-6,9,13H,7-8H2,1-3H3. The van der Waals surface area contributed by atoms with E-state index in [1.165, 1.54) is 12.1 Å². The van der Waals surface area contributed by atoms with Crippen LogP contribution in [0.1, 0.15) is 12.5 Å². The molecule has 0 fully saturated rings. The maximum Gasteiger partial charge on any atom is 0.280 e. The Hall–Kier alpha value is -2.06. The molecule has 1 aromatic carbocycles. The molecule has 20 heavy (non-hydrogen) atoms. The summed E-state index contributed by atoms with van der Waals surface area (Å²) in [6.45, 7) is 2.99. The van der Waals surface area contributed by atoms with Crippen LogP contribution in [0, 0.1) is 20.2 Å². The van der Waals surface area contributed by atoms with E-state index in [-0.39, 0.29) is 17.4 Å². The topological polar surface area (TPSA) is 102 Å². The molecule has 110 valence electrons. The van der Waals surface area contributed by atoms with Crippen molar-refractivity contribution in [1.82, 2.24) is 10.2 Å². The monoisotopic (exact) mass is 282 g/mol. The number of hydrogen-bond donors (Lipinski definition) is 1. The molecular weight excluding hydrogens is 264 g/mol. The molecule has 0 saturated carbocycles. The van der Waals surface area contributed by atoms with Crippen molar-refractivity contribution in [3.8, 4) is 0 Å². The van der Waals surface area contributed by atoms with Gasteiger partial charge in [0.1, 0.15) is 0 Å². The molecule has 0 saturated heterocycles. The summed E-state index contributed by atoms with van der Waals surface area (Å²) in [5, 5.41) is 24.7. The first kappa shape index (κ1) is 16.0. The fraction of sp³-hybridized carbons (Fsp3) is 0.500. The van der Waals surface area contributed by atoms with Crippen LogP contribution < -0.4 is 5.32 Å². The van der Waals surface area contributed by atoms with Gasteiger partial charge in [-0.25, -0.2) is 0 Å². The van der Waals surface area contributed by atoms with Gasteiger partial charge >= 0.3 is 0 Å².